The van der Waals surface area contributed by atoms with Crippen LogP contribution in [0.4, 0.5) is 0 Å². The van der Waals surface area contributed by atoms with E-state index in [4.69, 9.17) is 9.26 Å². The minimum Gasteiger partial charge on any atom is -0.481 e. The van der Waals surface area contributed by atoms with E-state index in [1.54, 1.807) is 13.2 Å². The molecule has 1 fully saturated rings. The van der Waals surface area contributed by atoms with Crippen molar-refractivity contribution in [3.63, 3.8) is 0 Å². The van der Waals surface area contributed by atoms with Gasteiger partial charge < -0.3 is 14.2 Å². The van der Waals surface area contributed by atoms with Gasteiger partial charge in [0.05, 0.1) is 18.2 Å². The number of nitrogens with zero attached hydrogens (tertiary/aromatic N) is 4. The Hall–Kier alpha value is -2.96. The zero-order valence-electron chi connectivity index (χ0n) is 13.9. The van der Waals surface area contributed by atoms with Crippen molar-refractivity contribution in [1.29, 1.82) is 0 Å². The van der Waals surface area contributed by atoms with Gasteiger partial charge >= 0.3 is 0 Å². The monoisotopic (exact) mass is 338 g/mol. The molecule has 0 bridgehead atoms. The molecule has 0 N–H and O–H groups in total. The maximum atomic E-state index is 13.2. The van der Waals surface area contributed by atoms with Crippen molar-refractivity contribution in [1.82, 2.24) is 20.0 Å². The Morgan fingerprint density at radius 2 is 2.24 bits per heavy atom. The third-order valence-electron chi connectivity index (χ3n) is 4.58. The van der Waals surface area contributed by atoms with Gasteiger partial charge in [-0.2, -0.15) is 4.98 Å². The predicted molar refractivity (Wildman–Crippen MR) is 90.5 cm³/mol. The van der Waals surface area contributed by atoms with Crippen LogP contribution in [0.1, 0.15) is 34.9 Å². The molecule has 2 aromatic heterocycles. The minimum atomic E-state index is -0.0231. The van der Waals surface area contributed by atoms with Crippen molar-refractivity contribution in [2.45, 2.75) is 18.8 Å². The van der Waals surface area contributed by atoms with Crippen LogP contribution in [-0.2, 0) is 0 Å². The molecule has 1 atom stereocenters. The molecule has 1 amide bonds. The van der Waals surface area contributed by atoms with E-state index in [2.05, 4.69) is 15.1 Å². The van der Waals surface area contributed by atoms with Crippen LogP contribution in [0.2, 0.25) is 0 Å². The van der Waals surface area contributed by atoms with Gasteiger partial charge in [0.2, 0.25) is 12.3 Å². The number of methoxy groups -OCH3 is 1. The second-order valence-electron chi connectivity index (χ2n) is 6.11. The molecule has 1 aromatic carbocycles. The van der Waals surface area contributed by atoms with Crippen molar-refractivity contribution in [2.75, 3.05) is 20.2 Å². The SMILES string of the molecule is COc1cc(C(=O)N2CCC[C@H](c3ncon3)C2)c2ccccc2n1. The number of fused-ring (bicyclic) bond motifs is 1. The Kier molecular flexibility index (Phi) is 4.05. The summed E-state index contributed by atoms with van der Waals surface area (Å²) in [5.74, 6) is 1.18. The second kappa shape index (κ2) is 6.51. The van der Waals surface area contributed by atoms with Crippen molar-refractivity contribution < 1.29 is 14.1 Å². The molecule has 0 aliphatic carbocycles. The third kappa shape index (κ3) is 2.93. The fraction of sp³-hybridized carbons (Fsp3) is 0.333. The topological polar surface area (TPSA) is 81.4 Å². The number of carbonyl (C=O) groups excluding carboxylic acids is 1. The first-order chi connectivity index (χ1) is 12.3. The van der Waals surface area contributed by atoms with Crippen LogP contribution >= 0.6 is 0 Å². The predicted octanol–water partition coefficient (Wildman–Crippen LogP) is 2.65. The summed E-state index contributed by atoms with van der Waals surface area (Å²) in [6, 6.07) is 9.31. The number of piperidine rings is 1. The highest BCUT2D eigenvalue weighted by Crippen LogP contribution is 2.28. The lowest BCUT2D eigenvalue weighted by Gasteiger charge is -2.31. The Labute approximate surface area is 144 Å². The Bertz CT molecular complexity index is 894. The van der Waals surface area contributed by atoms with Crippen molar-refractivity contribution >= 4 is 16.8 Å². The molecule has 0 saturated carbocycles. The van der Waals surface area contributed by atoms with E-state index in [9.17, 15) is 4.79 Å². The molecule has 7 heteroatoms. The summed E-state index contributed by atoms with van der Waals surface area (Å²) < 4.78 is 10.1. The summed E-state index contributed by atoms with van der Waals surface area (Å²) in [5, 5.41) is 4.76. The molecule has 3 aromatic rings. The summed E-state index contributed by atoms with van der Waals surface area (Å²) in [4.78, 5) is 23.6. The Morgan fingerprint density at radius 1 is 1.36 bits per heavy atom. The molecule has 1 saturated heterocycles. The molecule has 128 valence electrons. The van der Waals surface area contributed by atoms with Crippen LogP contribution in [0.15, 0.2) is 41.2 Å². The first-order valence-electron chi connectivity index (χ1n) is 8.25. The number of likely N-dealkylation sites (tertiary alicyclic amines) is 1. The maximum absolute atomic E-state index is 13.2. The van der Waals surface area contributed by atoms with Crippen LogP contribution < -0.4 is 4.74 Å². The van der Waals surface area contributed by atoms with Gasteiger partial charge in [-0.3, -0.25) is 4.79 Å². The zero-order valence-corrected chi connectivity index (χ0v) is 13.9. The summed E-state index contributed by atoms with van der Waals surface area (Å²) >= 11 is 0. The van der Waals surface area contributed by atoms with Crippen LogP contribution in [0.3, 0.4) is 0 Å². The smallest absolute Gasteiger partial charge is 0.254 e. The lowest BCUT2D eigenvalue weighted by Crippen LogP contribution is -2.39. The number of rotatable bonds is 3. The van der Waals surface area contributed by atoms with E-state index < -0.39 is 0 Å². The van der Waals surface area contributed by atoms with Crippen LogP contribution in [0.5, 0.6) is 5.88 Å². The highest BCUT2D eigenvalue weighted by molar-refractivity contribution is 6.06. The molecule has 3 heterocycles. The van der Waals surface area contributed by atoms with Gasteiger partial charge in [0.1, 0.15) is 0 Å². The van der Waals surface area contributed by atoms with Gasteiger partial charge in [-0.25, -0.2) is 4.98 Å². The number of pyridine rings is 1. The van der Waals surface area contributed by atoms with Crippen LogP contribution in [0.25, 0.3) is 10.9 Å². The van der Waals surface area contributed by atoms with Gasteiger partial charge in [-0.15, -0.1) is 0 Å². The Balaban J connectivity index is 1.67. The molecular weight excluding hydrogens is 320 g/mol. The normalized spacial score (nSPS) is 17.6. The molecule has 7 nitrogen and oxygen atoms in total. The van der Waals surface area contributed by atoms with E-state index in [-0.39, 0.29) is 11.8 Å². The lowest BCUT2D eigenvalue weighted by molar-refractivity contribution is 0.0705. The fourth-order valence-electron chi connectivity index (χ4n) is 3.33. The number of aromatic nitrogens is 3. The number of para-hydroxylation sites is 1. The number of ether oxygens (including phenoxy) is 1. The molecule has 0 radical (unpaired) electrons. The van der Waals surface area contributed by atoms with Crippen molar-refractivity contribution in [2.24, 2.45) is 0 Å². The number of benzene rings is 1. The molecule has 1 aliphatic heterocycles. The lowest BCUT2D eigenvalue weighted by atomic mass is 9.96. The van der Waals surface area contributed by atoms with E-state index in [0.717, 1.165) is 23.7 Å². The van der Waals surface area contributed by atoms with Crippen LogP contribution in [-0.4, -0.2) is 46.1 Å². The standard InChI is InChI=1S/C18H18N4O3/c1-24-16-9-14(13-6-2-3-7-15(13)20-16)18(23)22-8-4-5-12(10-22)17-19-11-25-21-17/h2-3,6-7,9,11-12H,4-5,8,10H2,1H3/t12-/m0/s1. The number of amides is 1. The quantitative estimate of drug-likeness (QED) is 0.730. The highest BCUT2D eigenvalue weighted by atomic mass is 16.5. The third-order valence-corrected chi connectivity index (χ3v) is 4.58. The van der Waals surface area contributed by atoms with Crippen LogP contribution in [0, 0.1) is 0 Å². The first kappa shape index (κ1) is 15.6. The summed E-state index contributed by atoms with van der Waals surface area (Å²) in [6.45, 7) is 1.30. The first-order valence-corrected chi connectivity index (χ1v) is 8.25. The summed E-state index contributed by atoms with van der Waals surface area (Å²) in [7, 11) is 1.55. The van der Waals surface area contributed by atoms with Gasteiger partial charge in [0.25, 0.3) is 5.91 Å². The van der Waals surface area contributed by atoms with Gasteiger partial charge in [-0.05, 0) is 18.9 Å². The van der Waals surface area contributed by atoms with Crippen molar-refractivity contribution in [3.05, 3.63) is 48.1 Å². The molecule has 1 aliphatic rings. The number of hydrogen-bond acceptors (Lipinski definition) is 6. The molecule has 0 spiro atoms. The fourth-order valence-corrected chi connectivity index (χ4v) is 3.33. The second-order valence-corrected chi connectivity index (χ2v) is 6.11. The number of carbonyl (C=O) groups is 1. The van der Waals surface area contributed by atoms with E-state index in [0.29, 0.717) is 30.4 Å². The molecule has 0 unspecified atom stereocenters. The minimum absolute atomic E-state index is 0.0231. The van der Waals surface area contributed by atoms with E-state index in [1.165, 1.54) is 6.39 Å². The average Bonchev–Trinajstić information content (AvgIpc) is 3.21. The molecule has 4 rings (SSSR count). The average molecular weight is 338 g/mol. The highest BCUT2D eigenvalue weighted by Gasteiger charge is 2.29. The zero-order chi connectivity index (χ0) is 17.2. The van der Waals surface area contributed by atoms with E-state index in [1.807, 2.05) is 29.2 Å². The number of hydrogen-bond donors (Lipinski definition) is 0. The van der Waals surface area contributed by atoms with Gasteiger partial charge in [0.15, 0.2) is 5.82 Å². The summed E-state index contributed by atoms with van der Waals surface area (Å²) in [6.07, 6.45) is 3.19. The molecular formula is C18H18N4O3. The Morgan fingerprint density at radius 3 is 3.04 bits per heavy atom. The van der Waals surface area contributed by atoms with E-state index >= 15 is 0 Å². The van der Waals surface area contributed by atoms with Crippen molar-refractivity contribution in [3.8, 4) is 5.88 Å². The summed E-state index contributed by atoms with van der Waals surface area (Å²) in [5.41, 5.74) is 1.35. The van der Waals surface area contributed by atoms with Gasteiger partial charge in [-0.1, -0.05) is 23.4 Å². The van der Waals surface area contributed by atoms with Gasteiger partial charge in [0, 0.05) is 30.5 Å². The largest absolute Gasteiger partial charge is 0.481 e. The molecule has 25 heavy (non-hydrogen) atoms. The maximum Gasteiger partial charge on any atom is 0.254 e.